The summed E-state index contributed by atoms with van der Waals surface area (Å²) in [6, 6.07) is 1.83. The minimum atomic E-state index is -0.909. The predicted molar refractivity (Wildman–Crippen MR) is 84.9 cm³/mol. The average Bonchev–Trinajstić information content (AvgIpc) is 2.37. The maximum absolute atomic E-state index is 11.4. The molecule has 1 saturated carbocycles. The van der Waals surface area contributed by atoms with Crippen molar-refractivity contribution in [2.45, 2.75) is 52.9 Å². The number of carboxylic acid groups (broad SMARTS) is 1. The molecule has 116 valence electrons. The molecule has 0 bridgehead atoms. The van der Waals surface area contributed by atoms with E-state index in [1.807, 2.05) is 13.0 Å². The second kappa shape index (κ2) is 6.92. The Hall–Kier alpha value is -1.58. The first-order valence-corrected chi connectivity index (χ1v) is 7.92. The summed E-state index contributed by atoms with van der Waals surface area (Å²) < 4.78 is 0. The van der Waals surface area contributed by atoms with Crippen LogP contribution >= 0.6 is 0 Å². The van der Waals surface area contributed by atoms with Gasteiger partial charge in [-0.05, 0) is 44.6 Å². The molecule has 2 N–H and O–H groups in total. The van der Waals surface area contributed by atoms with Gasteiger partial charge in [-0.1, -0.05) is 26.2 Å². The van der Waals surface area contributed by atoms with Gasteiger partial charge in [0.2, 0.25) is 0 Å². The number of nitrogens with one attached hydrogen (secondary N) is 1. The Kier molecular flexibility index (Phi) is 5.21. The van der Waals surface area contributed by atoms with Crippen LogP contribution in [0.15, 0.2) is 6.07 Å². The van der Waals surface area contributed by atoms with E-state index in [9.17, 15) is 9.90 Å². The van der Waals surface area contributed by atoms with Crippen molar-refractivity contribution in [3.63, 3.8) is 0 Å². The maximum atomic E-state index is 11.4. The lowest BCUT2D eigenvalue weighted by Crippen LogP contribution is -2.18. The number of hydrogen-bond donors (Lipinski definition) is 2. The minimum absolute atomic E-state index is 0.303. The van der Waals surface area contributed by atoms with Crippen LogP contribution in [0.25, 0.3) is 0 Å². The quantitative estimate of drug-likeness (QED) is 0.859. The molecule has 1 aliphatic carbocycles. The summed E-state index contributed by atoms with van der Waals surface area (Å²) in [7, 11) is 0. The Morgan fingerprint density at radius 3 is 2.86 bits per heavy atom. The number of rotatable bonds is 5. The summed E-state index contributed by atoms with van der Waals surface area (Å²) in [6.07, 6.45) is 6.42. The first kappa shape index (κ1) is 15.8. The number of pyridine rings is 1. The summed E-state index contributed by atoms with van der Waals surface area (Å²) in [5.41, 5.74) is 2.44. The molecular formula is C17H26N2O2. The molecule has 2 unspecified atom stereocenters. The fourth-order valence-corrected chi connectivity index (χ4v) is 3.47. The fraction of sp³-hybridized carbons (Fsp3) is 0.647. The number of hydrogen-bond acceptors (Lipinski definition) is 3. The third-order valence-corrected chi connectivity index (χ3v) is 4.46. The average molecular weight is 290 g/mol. The van der Waals surface area contributed by atoms with Crippen molar-refractivity contribution >= 4 is 11.7 Å². The highest BCUT2D eigenvalue weighted by Gasteiger charge is 2.19. The van der Waals surface area contributed by atoms with E-state index in [2.05, 4.69) is 17.2 Å². The SMILES string of the molecule is Cc1cc(NCCC2CCCC(C)C2)c(C(=O)O)c(C)n1. The molecule has 0 radical (unpaired) electrons. The van der Waals surface area contributed by atoms with Gasteiger partial charge in [-0.15, -0.1) is 0 Å². The topological polar surface area (TPSA) is 62.2 Å². The van der Waals surface area contributed by atoms with Gasteiger partial charge in [0.05, 0.1) is 11.4 Å². The lowest BCUT2D eigenvalue weighted by atomic mass is 9.81. The molecule has 0 aliphatic heterocycles. The molecule has 21 heavy (non-hydrogen) atoms. The smallest absolute Gasteiger partial charge is 0.339 e. The molecule has 2 atom stereocenters. The Balaban J connectivity index is 1.98. The molecule has 1 aromatic rings. The fourth-order valence-electron chi connectivity index (χ4n) is 3.47. The van der Waals surface area contributed by atoms with Crippen molar-refractivity contribution in [1.29, 1.82) is 0 Å². The monoisotopic (exact) mass is 290 g/mol. The van der Waals surface area contributed by atoms with Gasteiger partial charge in [-0.25, -0.2) is 4.79 Å². The van der Waals surface area contributed by atoms with Gasteiger partial charge in [0, 0.05) is 12.2 Å². The molecule has 0 amide bonds. The van der Waals surface area contributed by atoms with Crippen LogP contribution in [0.5, 0.6) is 0 Å². The standard InChI is InChI=1S/C17H26N2O2/c1-11-5-4-6-14(9-11)7-8-18-15-10-12(2)19-13(3)16(15)17(20)21/h10-11,14H,4-9H2,1-3H3,(H,18,19)(H,20,21). The highest BCUT2D eigenvalue weighted by molar-refractivity contribution is 5.95. The van der Waals surface area contributed by atoms with Gasteiger partial charge in [-0.2, -0.15) is 0 Å². The molecule has 0 aromatic carbocycles. The predicted octanol–water partition coefficient (Wildman–Crippen LogP) is 4.02. The highest BCUT2D eigenvalue weighted by Crippen LogP contribution is 2.30. The Morgan fingerprint density at radius 1 is 1.43 bits per heavy atom. The molecule has 0 spiro atoms. The van der Waals surface area contributed by atoms with Crippen molar-refractivity contribution in [2.75, 3.05) is 11.9 Å². The second-order valence-electron chi connectivity index (χ2n) is 6.43. The molecule has 1 fully saturated rings. The minimum Gasteiger partial charge on any atom is -0.478 e. The Bertz CT molecular complexity index is 514. The summed E-state index contributed by atoms with van der Waals surface area (Å²) in [5, 5.41) is 12.7. The zero-order valence-electron chi connectivity index (χ0n) is 13.3. The van der Waals surface area contributed by atoms with Crippen molar-refractivity contribution in [2.24, 2.45) is 11.8 Å². The molecule has 1 heterocycles. The second-order valence-corrected chi connectivity index (χ2v) is 6.43. The molecule has 4 heteroatoms. The summed E-state index contributed by atoms with van der Waals surface area (Å²) in [4.78, 5) is 15.6. The van der Waals surface area contributed by atoms with Crippen LogP contribution in [-0.4, -0.2) is 22.6 Å². The molecule has 4 nitrogen and oxygen atoms in total. The van der Waals surface area contributed by atoms with E-state index in [0.29, 0.717) is 16.9 Å². The van der Waals surface area contributed by atoms with Crippen molar-refractivity contribution in [3.8, 4) is 0 Å². The third kappa shape index (κ3) is 4.19. The summed E-state index contributed by atoms with van der Waals surface area (Å²) in [6.45, 7) is 6.81. The van der Waals surface area contributed by atoms with Crippen LogP contribution in [0.4, 0.5) is 5.69 Å². The van der Waals surface area contributed by atoms with Crippen molar-refractivity contribution in [3.05, 3.63) is 23.0 Å². The number of aryl methyl sites for hydroxylation is 2. The van der Waals surface area contributed by atoms with E-state index in [0.717, 1.165) is 30.5 Å². The van der Waals surface area contributed by atoms with Gasteiger partial charge >= 0.3 is 5.97 Å². The number of aromatic nitrogens is 1. The van der Waals surface area contributed by atoms with Crippen LogP contribution in [0.2, 0.25) is 0 Å². The number of carbonyl (C=O) groups is 1. The summed E-state index contributed by atoms with van der Waals surface area (Å²) >= 11 is 0. The number of anilines is 1. The number of carboxylic acids is 1. The van der Waals surface area contributed by atoms with Crippen LogP contribution in [0.1, 0.15) is 60.8 Å². The van der Waals surface area contributed by atoms with E-state index in [1.54, 1.807) is 6.92 Å². The molecule has 1 aromatic heterocycles. The zero-order chi connectivity index (χ0) is 15.4. The Morgan fingerprint density at radius 2 is 2.19 bits per heavy atom. The highest BCUT2D eigenvalue weighted by atomic mass is 16.4. The van der Waals surface area contributed by atoms with Crippen molar-refractivity contribution < 1.29 is 9.90 Å². The van der Waals surface area contributed by atoms with Crippen LogP contribution in [0, 0.1) is 25.7 Å². The summed E-state index contributed by atoms with van der Waals surface area (Å²) in [5.74, 6) is 0.705. The maximum Gasteiger partial charge on any atom is 0.339 e. The molecule has 0 saturated heterocycles. The Labute approximate surface area is 127 Å². The lowest BCUT2D eigenvalue weighted by Gasteiger charge is -2.27. The molecule has 1 aliphatic rings. The first-order chi connectivity index (χ1) is 9.97. The van der Waals surface area contributed by atoms with Gasteiger partial charge in [0.25, 0.3) is 0 Å². The van der Waals surface area contributed by atoms with Gasteiger partial charge in [-0.3, -0.25) is 4.98 Å². The number of aromatic carboxylic acids is 1. The van der Waals surface area contributed by atoms with E-state index in [1.165, 1.54) is 25.7 Å². The van der Waals surface area contributed by atoms with Crippen LogP contribution in [-0.2, 0) is 0 Å². The molecular weight excluding hydrogens is 264 g/mol. The van der Waals surface area contributed by atoms with Crippen molar-refractivity contribution in [1.82, 2.24) is 4.98 Å². The van der Waals surface area contributed by atoms with Gasteiger partial charge in [0.15, 0.2) is 0 Å². The van der Waals surface area contributed by atoms with E-state index < -0.39 is 5.97 Å². The molecule has 2 rings (SSSR count). The normalized spacial score (nSPS) is 22.0. The van der Waals surface area contributed by atoms with E-state index >= 15 is 0 Å². The third-order valence-electron chi connectivity index (χ3n) is 4.46. The van der Waals surface area contributed by atoms with Gasteiger partial charge in [0.1, 0.15) is 5.56 Å². The lowest BCUT2D eigenvalue weighted by molar-refractivity contribution is 0.0696. The van der Waals surface area contributed by atoms with Gasteiger partial charge < -0.3 is 10.4 Å². The van der Waals surface area contributed by atoms with E-state index in [-0.39, 0.29) is 0 Å². The number of nitrogens with zero attached hydrogens (tertiary/aromatic N) is 1. The van der Waals surface area contributed by atoms with E-state index in [4.69, 9.17) is 0 Å². The zero-order valence-corrected chi connectivity index (χ0v) is 13.3. The largest absolute Gasteiger partial charge is 0.478 e. The first-order valence-electron chi connectivity index (χ1n) is 7.92. The van der Waals surface area contributed by atoms with Crippen LogP contribution < -0.4 is 5.32 Å². The van der Waals surface area contributed by atoms with Crippen LogP contribution in [0.3, 0.4) is 0 Å².